The Morgan fingerprint density at radius 3 is 2.33 bits per heavy atom. The second-order valence-electron chi connectivity index (χ2n) is 9.14. The average Bonchev–Trinajstić information content (AvgIpc) is 2.79. The molecule has 0 bridgehead atoms. The van der Waals surface area contributed by atoms with Gasteiger partial charge >= 0.3 is 6.09 Å². The molecule has 1 saturated heterocycles. The van der Waals surface area contributed by atoms with Crippen LogP contribution in [0, 0.1) is 11.3 Å². The Bertz CT molecular complexity index is 528. The fourth-order valence-corrected chi connectivity index (χ4v) is 3.62. The summed E-state index contributed by atoms with van der Waals surface area (Å²) in [5, 5.41) is 2.80. The van der Waals surface area contributed by atoms with E-state index in [-0.39, 0.29) is 29.3 Å². The quantitative estimate of drug-likeness (QED) is 0.746. The standard InChI is InChI=1S/C19H32N2O3/c1-12-8-9-13-10-11-14(18(2,3)4)21(13)16(22)15(12)20-17(23)24-19(5,6)7/h8-9,12-15H,10-11H2,1-7H3,(H,20,23)/t12-,13-,14-,15-/m0/s1. The fraction of sp³-hybridized carbons (Fsp3) is 0.789. The Morgan fingerprint density at radius 2 is 1.79 bits per heavy atom. The van der Waals surface area contributed by atoms with Crippen LogP contribution >= 0.6 is 0 Å². The predicted molar refractivity (Wildman–Crippen MR) is 94.6 cm³/mol. The summed E-state index contributed by atoms with van der Waals surface area (Å²) in [4.78, 5) is 27.4. The first-order valence-corrected chi connectivity index (χ1v) is 8.90. The third-order valence-corrected chi connectivity index (χ3v) is 4.78. The van der Waals surface area contributed by atoms with Crippen LogP contribution in [0.25, 0.3) is 0 Å². The molecule has 1 fully saturated rings. The Morgan fingerprint density at radius 1 is 1.17 bits per heavy atom. The molecule has 1 N–H and O–H groups in total. The van der Waals surface area contributed by atoms with Crippen molar-refractivity contribution in [2.75, 3.05) is 0 Å². The highest BCUT2D eigenvalue weighted by molar-refractivity contribution is 5.87. The number of hydrogen-bond acceptors (Lipinski definition) is 3. The van der Waals surface area contributed by atoms with E-state index in [0.29, 0.717) is 0 Å². The van der Waals surface area contributed by atoms with Crippen molar-refractivity contribution >= 4 is 12.0 Å². The zero-order chi connectivity index (χ0) is 18.3. The Balaban J connectivity index is 2.21. The summed E-state index contributed by atoms with van der Waals surface area (Å²) >= 11 is 0. The largest absolute Gasteiger partial charge is 0.444 e. The highest BCUT2D eigenvalue weighted by Crippen LogP contribution is 2.38. The molecule has 2 rings (SSSR count). The predicted octanol–water partition coefficient (Wildman–Crippen LogP) is 3.49. The highest BCUT2D eigenvalue weighted by atomic mass is 16.6. The Kier molecular flexibility index (Phi) is 5.03. The molecule has 2 aliphatic rings. The molecule has 5 heteroatoms. The van der Waals surface area contributed by atoms with E-state index >= 15 is 0 Å². The molecule has 0 aromatic rings. The third kappa shape index (κ3) is 4.11. The van der Waals surface area contributed by atoms with E-state index in [0.717, 1.165) is 12.8 Å². The summed E-state index contributed by atoms with van der Waals surface area (Å²) < 4.78 is 5.34. The second-order valence-corrected chi connectivity index (χ2v) is 9.14. The fourth-order valence-electron chi connectivity index (χ4n) is 3.62. The SMILES string of the molecule is C[C@H]1C=C[C@H]2CC[C@@H](C(C)(C)C)N2C(=O)[C@H]1NC(=O)OC(C)(C)C. The number of fused-ring (bicyclic) bond motifs is 1. The number of carbonyl (C=O) groups is 2. The van der Waals surface area contributed by atoms with Gasteiger partial charge in [-0.05, 0) is 39.0 Å². The maximum absolute atomic E-state index is 13.2. The van der Waals surface area contributed by atoms with Gasteiger partial charge in [-0.2, -0.15) is 0 Å². The number of hydrogen-bond donors (Lipinski definition) is 1. The van der Waals surface area contributed by atoms with Crippen molar-refractivity contribution < 1.29 is 14.3 Å². The smallest absolute Gasteiger partial charge is 0.408 e. The molecular formula is C19H32N2O3. The van der Waals surface area contributed by atoms with E-state index < -0.39 is 17.7 Å². The van der Waals surface area contributed by atoms with Crippen LogP contribution in [-0.2, 0) is 9.53 Å². The molecular weight excluding hydrogens is 304 g/mol. The van der Waals surface area contributed by atoms with E-state index in [1.807, 2.05) is 32.6 Å². The molecule has 5 nitrogen and oxygen atoms in total. The van der Waals surface area contributed by atoms with Gasteiger partial charge in [0.05, 0.1) is 6.04 Å². The first-order valence-electron chi connectivity index (χ1n) is 8.90. The molecule has 0 aromatic heterocycles. The molecule has 0 radical (unpaired) electrons. The van der Waals surface area contributed by atoms with Gasteiger partial charge in [0, 0.05) is 12.0 Å². The van der Waals surface area contributed by atoms with Gasteiger partial charge in [0.1, 0.15) is 11.6 Å². The molecule has 0 unspecified atom stereocenters. The molecule has 24 heavy (non-hydrogen) atoms. The molecule has 136 valence electrons. The lowest BCUT2D eigenvalue weighted by Gasteiger charge is -2.38. The molecule has 0 aromatic carbocycles. The number of nitrogens with one attached hydrogen (secondary N) is 1. The summed E-state index contributed by atoms with van der Waals surface area (Å²) in [6.07, 6.45) is 5.63. The maximum atomic E-state index is 13.2. The summed E-state index contributed by atoms with van der Waals surface area (Å²) in [7, 11) is 0. The lowest BCUT2D eigenvalue weighted by atomic mass is 9.84. The van der Waals surface area contributed by atoms with Gasteiger partial charge in [-0.1, -0.05) is 39.8 Å². The van der Waals surface area contributed by atoms with Gasteiger partial charge < -0.3 is 15.0 Å². The second kappa shape index (κ2) is 6.41. The van der Waals surface area contributed by atoms with Gasteiger partial charge in [-0.3, -0.25) is 4.79 Å². The molecule has 2 heterocycles. The monoisotopic (exact) mass is 336 g/mol. The van der Waals surface area contributed by atoms with Crippen molar-refractivity contribution in [3.63, 3.8) is 0 Å². The van der Waals surface area contributed by atoms with Crippen molar-refractivity contribution in [2.24, 2.45) is 11.3 Å². The van der Waals surface area contributed by atoms with E-state index in [9.17, 15) is 9.59 Å². The van der Waals surface area contributed by atoms with E-state index in [1.54, 1.807) is 0 Å². The maximum Gasteiger partial charge on any atom is 0.408 e. The minimum atomic E-state index is -0.582. The van der Waals surface area contributed by atoms with Crippen LogP contribution in [-0.4, -0.2) is 40.6 Å². The molecule has 0 spiro atoms. The first-order chi connectivity index (χ1) is 10.9. The van der Waals surface area contributed by atoms with Crippen LogP contribution in [0.5, 0.6) is 0 Å². The van der Waals surface area contributed by atoms with Crippen molar-refractivity contribution in [3.05, 3.63) is 12.2 Å². The van der Waals surface area contributed by atoms with Gasteiger partial charge in [0.2, 0.25) is 5.91 Å². The van der Waals surface area contributed by atoms with E-state index in [2.05, 4.69) is 38.2 Å². The number of amides is 2. The molecule has 2 amide bonds. The minimum absolute atomic E-state index is 0.000726. The molecule has 2 aliphatic heterocycles. The van der Waals surface area contributed by atoms with Crippen LogP contribution < -0.4 is 5.32 Å². The number of carbonyl (C=O) groups excluding carboxylic acids is 2. The number of ether oxygens (including phenoxy) is 1. The number of rotatable bonds is 1. The lowest BCUT2D eigenvalue weighted by Crippen LogP contribution is -2.55. The number of alkyl carbamates (subject to hydrolysis) is 1. The summed E-state index contributed by atoms with van der Waals surface area (Å²) in [6.45, 7) is 13.9. The summed E-state index contributed by atoms with van der Waals surface area (Å²) in [5.74, 6) is -0.0583. The van der Waals surface area contributed by atoms with Crippen LogP contribution in [0.2, 0.25) is 0 Å². The number of nitrogens with zero attached hydrogens (tertiary/aromatic N) is 1. The van der Waals surface area contributed by atoms with Crippen molar-refractivity contribution in [2.45, 2.75) is 85.0 Å². The highest BCUT2D eigenvalue weighted by Gasteiger charge is 2.46. The van der Waals surface area contributed by atoms with Crippen molar-refractivity contribution in [1.82, 2.24) is 10.2 Å². The minimum Gasteiger partial charge on any atom is -0.444 e. The van der Waals surface area contributed by atoms with Gasteiger partial charge in [0.25, 0.3) is 0 Å². The molecule has 4 atom stereocenters. The molecule has 0 aliphatic carbocycles. The summed E-state index contributed by atoms with van der Waals surface area (Å²) in [6, 6.07) is -0.258. The first kappa shape index (κ1) is 18.8. The van der Waals surface area contributed by atoms with Gasteiger partial charge in [-0.15, -0.1) is 0 Å². The van der Waals surface area contributed by atoms with E-state index in [1.165, 1.54) is 0 Å². The Labute approximate surface area is 145 Å². The van der Waals surface area contributed by atoms with Crippen molar-refractivity contribution in [3.8, 4) is 0 Å². The zero-order valence-electron chi connectivity index (χ0n) is 16.1. The normalized spacial score (nSPS) is 30.8. The van der Waals surface area contributed by atoms with Gasteiger partial charge in [0.15, 0.2) is 0 Å². The van der Waals surface area contributed by atoms with E-state index in [4.69, 9.17) is 4.74 Å². The zero-order valence-corrected chi connectivity index (χ0v) is 16.1. The van der Waals surface area contributed by atoms with Crippen LogP contribution in [0.3, 0.4) is 0 Å². The van der Waals surface area contributed by atoms with Crippen LogP contribution in [0.1, 0.15) is 61.3 Å². The van der Waals surface area contributed by atoms with Crippen molar-refractivity contribution in [1.29, 1.82) is 0 Å². The van der Waals surface area contributed by atoms with Crippen LogP contribution in [0.4, 0.5) is 4.79 Å². The topological polar surface area (TPSA) is 58.6 Å². The third-order valence-electron chi connectivity index (χ3n) is 4.78. The summed E-state index contributed by atoms with van der Waals surface area (Å²) in [5.41, 5.74) is -0.566. The van der Waals surface area contributed by atoms with Crippen LogP contribution in [0.15, 0.2) is 12.2 Å². The van der Waals surface area contributed by atoms with Gasteiger partial charge in [-0.25, -0.2) is 4.79 Å². The Hall–Kier alpha value is -1.52. The average molecular weight is 336 g/mol. The lowest BCUT2D eigenvalue weighted by molar-refractivity contribution is -0.138. The molecule has 0 saturated carbocycles.